The van der Waals surface area contributed by atoms with Crippen molar-refractivity contribution in [2.45, 2.75) is 26.7 Å². The molecule has 0 amide bonds. The molecule has 0 bridgehead atoms. The molecule has 0 saturated carbocycles. The zero-order chi connectivity index (χ0) is 9.84. The first-order valence-corrected chi connectivity index (χ1v) is 4.11. The van der Waals surface area contributed by atoms with E-state index in [-0.39, 0.29) is 11.9 Å². The van der Waals surface area contributed by atoms with Gasteiger partial charge in [-0.2, -0.15) is 5.10 Å². The van der Waals surface area contributed by atoms with Gasteiger partial charge in [-0.3, -0.25) is 4.79 Å². The maximum Gasteiger partial charge on any atom is 0.309 e. The highest BCUT2D eigenvalue weighted by molar-refractivity contribution is 5.69. The van der Waals surface area contributed by atoms with Crippen LogP contribution in [0.4, 0.5) is 0 Å². The molecule has 13 heavy (non-hydrogen) atoms. The van der Waals surface area contributed by atoms with Crippen LogP contribution in [0.25, 0.3) is 0 Å². The number of hydrogen-bond donors (Lipinski definition) is 0. The molecule has 0 fully saturated rings. The molecule has 0 aromatic carbocycles. The van der Waals surface area contributed by atoms with Gasteiger partial charge in [0.25, 0.3) is 0 Å². The van der Waals surface area contributed by atoms with Crippen molar-refractivity contribution in [3.8, 4) is 5.88 Å². The molecule has 70 valence electrons. The van der Waals surface area contributed by atoms with Crippen LogP contribution in [-0.2, 0) is 4.79 Å². The summed E-state index contributed by atoms with van der Waals surface area (Å²) in [6, 6.07) is 1.80. The van der Waals surface area contributed by atoms with Crippen molar-refractivity contribution in [2.24, 2.45) is 0 Å². The van der Waals surface area contributed by atoms with E-state index in [0.717, 1.165) is 5.56 Å². The van der Waals surface area contributed by atoms with E-state index in [2.05, 4.69) is 10.2 Å². The smallest absolute Gasteiger partial charge is 0.309 e. The molecule has 0 saturated heterocycles. The van der Waals surface area contributed by atoms with Crippen LogP contribution in [0.2, 0.25) is 0 Å². The van der Waals surface area contributed by atoms with Crippen LogP contribution in [0.5, 0.6) is 5.88 Å². The lowest BCUT2D eigenvalue weighted by Gasteiger charge is -2.08. The Hall–Kier alpha value is -1.45. The zero-order valence-electron chi connectivity index (χ0n) is 7.94. The number of carbonyl (C=O) groups is 1. The van der Waals surface area contributed by atoms with Crippen molar-refractivity contribution >= 4 is 5.97 Å². The number of hydrogen-bond acceptors (Lipinski definition) is 4. The number of rotatable bonds is 2. The molecule has 1 aromatic heterocycles. The van der Waals surface area contributed by atoms with Crippen molar-refractivity contribution < 1.29 is 9.53 Å². The highest BCUT2D eigenvalue weighted by atomic mass is 16.5. The van der Waals surface area contributed by atoms with E-state index < -0.39 is 0 Å². The summed E-state index contributed by atoms with van der Waals surface area (Å²) in [5.41, 5.74) is 0.894. The van der Waals surface area contributed by atoms with Crippen LogP contribution >= 0.6 is 0 Å². The van der Waals surface area contributed by atoms with Crippen molar-refractivity contribution in [3.05, 3.63) is 17.8 Å². The number of nitrogens with zero attached hydrogens (tertiary/aromatic N) is 2. The summed E-state index contributed by atoms with van der Waals surface area (Å²) >= 11 is 0. The van der Waals surface area contributed by atoms with Crippen LogP contribution in [-0.4, -0.2) is 16.2 Å². The third-order valence-corrected chi connectivity index (χ3v) is 1.58. The summed E-state index contributed by atoms with van der Waals surface area (Å²) in [7, 11) is 0. The normalized spacial score (nSPS) is 10.2. The highest BCUT2D eigenvalue weighted by Crippen LogP contribution is 2.22. The molecule has 0 atom stereocenters. The van der Waals surface area contributed by atoms with E-state index in [1.54, 1.807) is 12.3 Å². The molecule has 1 rings (SSSR count). The molecule has 0 spiro atoms. The average Bonchev–Trinajstić information content (AvgIpc) is 2.03. The third-order valence-electron chi connectivity index (χ3n) is 1.58. The molecule has 1 heterocycles. The van der Waals surface area contributed by atoms with Gasteiger partial charge in [0, 0.05) is 12.5 Å². The van der Waals surface area contributed by atoms with Crippen molar-refractivity contribution in [1.29, 1.82) is 0 Å². The summed E-state index contributed by atoms with van der Waals surface area (Å²) in [4.78, 5) is 10.7. The second-order valence-electron chi connectivity index (χ2n) is 3.04. The van der Waals surface area contributed by atoms with Crippen molar-refractivity contribution in [3.63, 3.8) is 0 Å². The number of esters is 1. The van der Waals surface area contributed by atoms with E-state index >= 15 is 0 Å². The van der Waals surface area contributed by atoms with Gasteiger partial charge < -0.3 is 4.74 Å². The Bertz CT molecular complexity index is 310. The van der Waals surface area contributed by atoms with Gasteiger partial charge in [-0.25, -0.2) is 0 Å². The van der Waals surface area contributed by atoms with Crippen molar-refractivity contribution in [1.82, 2.24) is 10.2 Å². The first kappa shape index (κ1) is 9.64. The molecule has 0 unspecified atom stereocenters. The van der Waals surface area contributed by atoms with Gasteiger partial charge in [0.15, 0.2) is 0 Å². The van der Waals surface area contributed by atoms with E-state index in [9.17, 15) is 4.79 Å². The minimum absolute atomic E-state index is 0.268. The van der Waals surface area contributed by atoms with Crippen LogP contribution in [0.3, 0.4) is 0 Å². The fourth-order valence-electron chi connectivity index (χ4n) is 0.983. The lowest BCUT2D eigenvalue weighted by molar-refractivity contribution is -0.132. The van der Waals surface area contributed by atoms with Gasteiger partial charge >= 0.3 is 5.97 Å². The first-order valence-electron chi connectivity index (χ1n) is 4.11. The van der Waals surface area contributed by atoms with Crippen LogP contribution in [0.15, 0.2) is 12.3 Å². The van der Waals surface area contributed by atoms with Gasteiger partial charge in [-0.05, 0) is 12.0 Å². The Balaban J connectivity index is 2.97. The fraction of sp³-hybridized carbons (Fsp3) is 0.444. The second-order valence-corrected chi connectivity index (χ2v) is 3.04. The quantitative estimate of drug-likeness (QED) is 0.647. The second kappa shape index (κ2) is 3.98. The van der Waals surface area contributed by atoms with Gasteiger partial charge in [-0.1, -0.05) is 13.8 Å². The van der Waals surface area contributed by atoms with Gasteiger partial charge in [0.05, 0.1) is 6.20 Å². The maximum atomic E-state index is 10.7. The molecule has 4 heteroatoms. The number of aromatic nitrogens is 2. The Morgan fingerprint density at radius 3 is 2.77 bits per heavy atom. The van der Waals surface area contributed by atoms with Crippen molar-refractivity contribution in [2.75, 3.05) is 0 Å². The predicted octanol–water partition coefficient (Wildman–Crippen LogP) is 1.53. The molecule has 0 aliphatic carbocycles. The average molecular weight is 180 g/mol. The lowest BCUT2D eigenvalue weighted by atomic mass is 10.1. The minimum atomic E-state index is -0.373. The largest absolute Gasteiger partial charge is 0.406 e. The summed E-state index contributed by atoms with van der Waals surface area (Å²) < 4.78 is 4.89. The number of ether oxygens (including phenoxy) is 1. The standard InChI is InChI=1S/C9H12N2O2/c1-6(2)8-4-5-10-11-9(8)13-7(3)12/h4-6H,1-3H3. The Morgan fingerprint density at radius 1 is 1.54 bits per heavy atom. The lowest BCUT2D eigenvalue weighted by Crippen LogP contribution is -2.07. The Kier molecular flexibility index (Phi) is 2.95. The van der Waals surface area contributed by atoms with E-state index in [1.165, 1.54) is 6.92 Å². The monoisotopic (exact) mass is 180 g/mol. The molecule has 1 aromatic rings. The highest BCUT2D eigenvalue weighted by Gasteiger charge is 2.10. The zero-order valence-corrected chi connectivity index (χ0v) is 7.94. The van der Waals surface area contributed by atoms with Crippen LogP contribution < -0.4 is 4.74 Å². The van der Waals surface area contributed by atoms with E-state index in [0.29, 0.717) is 5.88 Å². The number of carbonyl (C=O) groups excluding carboxylic acids is 1. The van der Waals surface area contributed by atoms with Gasteiger partial charge in [-0.15, -0.1) is 5.10 Å². The molecule has 0 N–H and O–H groups in total. The molecular formula is C9H12N2O2. The maximum absolute atomic E-state index is 10.7. The van der Waals surface area contributed by atoms with Crippen LogP contribution in [0.1, 0.15) is 32.3 Å². The summed E-state index contributed by atoms with van der Waals surface area (Å²) in [6.07, 6.45) is 1.59. The van der Waals surface area contributed by atoms with Gasteiger partial charge in [0.2, 0.25) is 5.88 Å². The van der Waals surface area contributed by atoms with Crippen LogP contribution in [0, 0.1) is 0 Å². The summed E-state index contributed by atoms with van der Waals surface area (Å²) in [5, 5.41) is 7.40. The third kappa shape index (κ3) is 2.50. The Labute approximate surface area is 76.9 Å². The Morgan fingerprint density at radius 2 is 2.23 bits per heavy atom. The first-order chi connectivity index (χ1) is 6.11. The molecule has 0 aliphatic heterocycles. The summed E-state index contributed by atoms with van der Waals surface area (Å²) in [5.74, 6) is 0.206. The molecule has 0 aliphatic rings. The predicted molar refractivity (Wildman–Crippen MR) is 47.4 cm³/mol. The SMILES string of the molecule is CC(=O)Oc1nnccc1C(C)C. The minimum Gasteiger partial charge on any atom is -0.406 e. The van der Waals surface area contributed by atoms with E-state index in [1.807, 2.05) is 13.8 Å². The molecule has 0 radical (unpaired) electrons. The molecular weight excluding hydrogens is 168 g/mol. The fourth-order valence-corrected chi connectivity index (χ4v) is 0.983. The van der Waals surface area contributed by atoms with Gasteiger partial charge in [0.1, 0.15) is 0 Å². The van der Waals surface area contributed by atoms with E-state index in [4.69, 9.17) is 4.74 Å². The molecule has 4 nitrogen and oxygen atoms in total. The topological polar surface area (TPSA) is 52.1 Å². The summed E-state index contributed by atoms with van der Waals surface area (Å²) in [6.45, 7) is 5.35.